The van der Waals surface area contributed by atoms with Gasteiger partial charge in [0.1, 0.15) is 0 Å². The zero-order valence-corrected chi connectivity index (χ0v) is 13.3. The molecule has 2 rings (SSSR count). The number of alkyl halides is 6. The SMILES string of the molecule is Fc1c(F)c(F)c(-c2cc(C(F)(F)F)c(Br)c(C(F)(F)F)c2)c(F)c1F. The van der Waals surface area contributed by atoms with E-state index in [4.69, 9.17) is 0 Å². The van der Waals surface area contributed by atoms with Crippen LogP contribution in [0.15, 0.2) is 16.6 Å². The number of benzene rings is 2. The maximum absolute atomic E-state index is 13.8. The highest BCUT2D eigenvalue weighted by Crippen LogP contribution is 2.45. The van der Waals surface area contributed by atoms with E-state index in [-0.39, 0.29) is 12.1 Å². The zero-order chi connectivity index (χ0) is 20.2. The minimum Gasteiger partial charge on any atom is -0.203 e. The van der Waals surface area contributed by atoms with Gasteiger partial charge >= 0.3 is 12.4 Å². The predicted octanol–water partition coefficient (Wildman–Crippen LogP) is 6.85. The van der Waals surface area contributed by atoms with Crippen LogP contribution in [0.2, 0.25) is 0 Å². The molecule has 12 heteroatoms. The average Bonchev–Trinajstić information content (AvgIpc) is 2.50. The van der Waals surface area contributed by atoms with Crippen LogP contribution in [0.5, 0.6) is 0 Å². The smallest absolute Gasteiger partial charge is 0.203 e. The van der Waals surface area contributed by atoms with E-state index < -0.39 is 68.2 Å². The van der Waals surface area contributed by atoms with Gasteiger partial charge in [0.15, 0.2) is 23.3 Å². The Balaban J connectivity index is 2.97. The number of rotatable bonds is 1. The van der Waals surface area contributed by atoms with E-state index in [9.17, 15) is 48.3 Å². The lowest BCUT2D eigenvalue weighted by Crippen LogP contribution is -2.14. The third-order valence-corrected chi connectivity index (χ3v) is 4.04. The molecular formula is C14H2BrF11. The van der Waals surface area contributed by atoms with Gasteiger partial charge in [-0.3, -0.25) is 0 Å². The van der Waals surface area contributed by atoms with Crippen molar-refractivity contribution in [2.45, 2.75) is 12.4 Å². The van der Waals surface area contributed by atoms with Crippen molar-refractivity contribution in [1.29, 1.82) is 0 Å². The van der Waals surface area contributed by atoms with Crippen molar-refractivity contribution in [3.05, 3.63) is 56.8 Å². The molecule has 0 saturated carbocycles. The van der Waals surface area contributed by atoms with E-state index >= 15 is 0 Å². The van der Waals surface area contributed by atoms with Crippen molar-refractivity contribution in [2.75, 3.05) is 0 Å². The number of hydrogen-bond acceptors (Lipinski definition) is 0. The van der Waals surface area contributed by atoms with Crippen LogP contribution in [0.3, 0.4) is 0 Å². The molecule has 142 valence electrons. The highest BCUT2D eigenvalue weighted by atomic mass is 79.9. The third kappa shape index (κ3) is 3.38. The summed E-state index contributed by atoms with van der Waals surface area (Å²) in [6.07, 6.45) is -10.8. The Morgan fingerprint density at radius 1 is 0.577 bits per heavy atom. The molecule has 0 radical (unpaired) electrons. The minimum absolute atomic E-state index is 0.155. The van der Waals surface area contributed by atoms with Gasteiger partial charge in [0.2, 0.25) is 5.82 Å². The van der Waals surface area contributed by atoms with Gasteiger partial charge in [0.25, 0.3) is 0 Å². The molecule has 0 fully saturated rings. The van der Waals surface area contributed by atoms with Crippen molar-refractivity contribution in [3.63, 3.8) is 0 Å². The highest BCUT2D eigenvalue weighted by Gasteiger charge is 2.41. The second-order valence-corrected chi connectivity index (χ2v) is 5.62. The average molecular weight is 459 g/mol. The first-order valence-corrected chi connectivity index (χ1v) is 6.97. The van der Waals surface area contributed by atoms with E-state index in [1.165, 1.54) is 0 Å². The molecule has 0 N–H and O–H groups in total. The highest BCUT2D eigenvalue weighted by molar-refractivity contribution is 9.10. The summed E-state index contributed by atoms with van der Waals surface area (Å²) in [6, 6.07) is -0.310. The van der Waals surface area contributed by atoms with Crippen LogP contribution in [0.25, 0.3) is 11.1 Å². The lowest BCUT2D eigenvalue weighted by molar-refractivity contribution is -0.144. The Bertz CT molecular complexity index is 816. The molecule has 0 nitrogen and oxygen atoms in total. The Kier molecular flexibility index (Phi) is 5.03. The minimum atomic E-state index is -5.42. The molecule has 0 aliphatic rings. The van der Waals surface area contributed by atoms with E-state index in [1.807, 2.05) is 0 Å². The number of halogens is 12. The molecule has 0 amide bonds. The molecule has 0 atom stereocenters. The van der Waals surface area contributed by atoms with Crippen molar-refractivity contribution in [1.82, 2.24) is 0 Å². The summed E-state index contributed by atoms with van der Waals surface area (Å²) >= 11 is 2.10. The molecular weight excluding hydrogens is 457 g/mol. The summed E-state index contributed by atoms with van der Waals surface area (Å²) in [7, 11) is 0. The van der Waals surface area contributed by atoms with E-state index in [2.05, 4.69) is 15.9 Å². The molecule has 0 aliphatic carbocycles. The summed E-state index contributed by atoms with van der Waals surface area (Å²) in [4.78, 5) is 0. The van der Waals surface area contributed by atoms with Crippen molar-refractivity contribution in [2.24, 2.45) is 0 Å². The van der Waals surface area contributed by atoms with Crippen molar-refractivity contribution >= 4 is 15.9 Å². The van der Waals surface area contributed by atoms with Gasteiger partial charge in [-0.1, -0.05) is 0 Å². The van der Waals surface area contributed by atoms with Crippen molar-refractivity contribution < 1.29 is 48.3 Å². The standard InChI is InChI=1S/C14H2BrF11/c15-7-4(13(21,22)23)1-3(2-5(7)14(24,25)26)6-8(16)10(18)12(20)11(19)9(6)17/h1-2H. The second-order valence-electron chi connectivity index (χ2n) is 4.83. The summed E-state index contributed by atoms with van der Waals surface area (Å²) in [5.74, 6) is -12.8. The molecule has 2 aromatic rings. The Morgan fingerprint density at radius 3 is 1.19 bits per heavy atom. The summed E-state index contributed by atoms with van der Waals surface area (Å²) in [5.41, 5.74) is -7.41. The largest absolute Gasteiger partial charge is 0.417 e. The van der Waals surface area contributed by atoms with E-state index in [1.54, 1.807) is 0 Å². The lowest BCUT2D eigenvalue weighted by Gasteiger charge is -2.18. The molecule has 2 aromatic carbocycles. The number of hydrogen-bond donors (Lipinski definition) is 0. The molecule has 26 heavy (non-hydrogen) atoms. The van der Waals surface area contributed by atoms with Crippen LogP contribution >= 0.6 is 15.9 Å². The van der Waals surface area contributed by atoms with E-state index in [0.29, 0.717) is 0 Å². The second kappa shape index (κ2) is 6.39. The zero-order valence-electron chi connectivity index (χ0n) is 11.7. The van der Waals surface area contributed by atoms with Crippen LogP contribution in [0.4, 0.5) is 48.3 Å². The summed E-state index contributed by atoms with van der Waals surface area (Å²) < 4.78 is 143. The first kappa shape index (κ1) is 20.5. The summed E-state index contributed by atoms with van der Waals surface area (Å²) in [6.45, 7) is 0. The molecule has 0 heterocycles. The quantitative estimate of drug-likeness (QED) is 0.249. The maximum Gasteiger partial charge on any atom is 0.417 e. The van der Waals surface area contributed by atoms with Crippen LogP contribution in [0.1, 0.15) is 11.1 Å². The maximum atomic E-state index is 13.8. The van der Waals surface area contributed by atoms with Gasteiger partial charge in [-0.2, -0.15) is 26.3 Å². The monoisotopic (exact) mass is 458 g/mol. The molecule has 0 unspecified atom stereocenters. The fourth-order valence-electron chi connectivity index (χ4n) is 2.04. The molecule has 0 aromatic heterocycles. The Hall–Kier alpha value is -1.85. The van der Waals surface area contributed by atoms with Crippen LogP contribution < -0.4 is 0 Å². The fourth-order valence-corrected chi connectivity index (χ4v) is 2.72. The van der Waals surface area contributed by atoms with Gasteiger partial charge in [0.05, 0.1) is 16.7 Å². The van der Waals surface area contributed by atoms with E-state index in [0.717, 1.165) is 0 Å². The van der Waals surface area contributed by atoms with Gasteiger partial charge in [-0.05, 0) is 33.6 Å². The molecule has 0 saturated heterocycles. The van der Waals surface area contributed by atoms with Crippen LogP contribution in [-0.4, -0.2) is 0 Å². The normalized spacial score (nSPS) is 12.6. The Labute approximate surface area is 145 Å². The van der Waals surface area contributed by atoms with Crippen molar-refractivity contribution in [3.8, 4) is 11.1 Å². The molecule has 0 spiro atoms. The van der Waals surface area contributed by atoms with Crippen LogP contribution in [0, 0.1) is 29.1 Å². The van der Waals surface area contributed by atoms with Gasteiger partial charge in [-0.25, -0.2) is 22.0 Å². The van der Waals surface area contributed by atoms with Gasteiger partial charge in [-0.15, -0.1) is 0 Å². The topological polar surface area (TPSA) is 0 Å². The molecule has 0 aliphatic heterocycles. The van der Waals surface area contributed by atoms with Gasteiger partial charge < -0.3 is 0 Å². The van der Waals surface area contributed by atoms with Crippen LogP contribution in [-0.2, 0) is 12.4 Å². The third-order valence-electron chi connectivity index (χ3n) is 3.18. The first-order chi connectivity index (χ1) is 11.7. The molecule has 0 bridgehead atoms. The van der Waals surface area contributed by atoms with Gasteiger partial charge in [0, 0.05) is 4.47 Å². The lowest BCUT2D eigenvalue weighted by atomic mass is 9.97. The predicted molar refractivity (Wildman–Crippen MR) is 69.4 cm³/mol. The summed E-state index contributed by atoms with van der Waals surface area (Å²) in [5, 5.41) is 0. The Morgan fingerprint density at radius 2 is 0.885 bits per heavy atom. The fraction of sp³-hybridized carbons (Fsp3) is 0.143. The first-order valence-electron chi connectivity index (χ1n) is 6.17.